The van der Waals surface area contributed by atoms with Crippen LogP contribution in [0.25, 0.3) is 22.3 Å². The lowest BCUT2D eigenvalue weighted by Crippen LogP contribution is -2.41. The first-order chi connectivity index (χ1) is 13.8. The Kier molecular flexibility index (Phi) is 5.94. The average molecular weight is 401 g/mol. The maximum atomic E-state index is 12.5. The first-order valence-corrected chi connectivity index (χ1v) is 10.2. The van der Waals surface area contributed by atoms with Crippen molar-refractivity contribution in [1.82, 2.24) is 24.6 Å². The van der Waals surface area contributed by atoms with E-state index in [1.807, 2.05) is 33.9 Å². The third-order valence-electron chi connectivity index (χ3n) is 4.75. The number of aromatic amines is 1. The summed E-state index contributed by atoms with van der Waals surface area (Å²) in [5.41, 5.74) is 2.04. The Hall–Kier alpha value is -2.36. The highest BCUT2D eigenvalue weighted by atomic mass is 32.2. The SMILES string of the molecule is COCCn1c(SCC(=O)N2CCOCC2)nnc1-c1c[nH]c2ccccc12. The van der Waals surface area contributed by atoms with Crippen molar-refractivity contribution in [3.8, 4) is 11.4 Å². The summed E-state index contributed by atoms with van der Waals surface area (Å²) in [5.74, 6) is 1.21. The summed E-state index contributed by atoms with van der Waals surface area (Å²) in [4.78, 5) is 17.6. The van der Waals surface area contributed by atoms with Crippen LogP contribution in [0.1, 0.15) is 0 Å². The van der Waals surface area contributed by atoms with Gasteiger partial charge < -0.3 is 19.4 Å². The quantitative estimate of drug-likeness (QED) is 0.610. The summed E-state index contributed by atoms with van der Waals surface area (Å²) in [6.45, 7) is 3.66. The van der Waals surface area contributed by atoms with Gasteiger partial charge in [-0.2, -0.15) is 0 Å². The highest BCUT2D eigenvalue weighted by Gasteiger charge is 2.21. The first-order valence-electron chi connectivity index (χ1n) is 9.25. The molecule has 0 atom stereocenters. The van der Waals surface area contributed by atoms with E-state index in [1.165, 1.54) is 11.8 Å². The van der Waals surface area contributed by atoms with Crippen molar-refractivity contribution in [2.45, 2.75) is 11.7 Å². The van der Waals surface area contributed by atoms with E-state index in [-0.39, 0.29) is 5.91 Å². The number of benzene rings is 1. The molecule has 8 nitrogen and oxygen atoms in total. The van der Waals surface area contributed by atoms with Crippen molar-refractivity contribution in [3.63, 3.8) is 0 Å². The van der Waals surface area contributed by atoms with E-state index in [2.05, 4.69) is 21.2 Å². The van der Waals surface area contributed by atoms with Crippen LogP contribution in [0.2, 0.25) is 0 Å². The summed E-state index contributed by atoms with van der Waals surface area (Å²) in [5, 5.41) is 10.6. The van der Waals surface area contributed by atoms with Gasteiger partial charge in [0.2, 0.25) is 5.91 Å². The molecule has 1 amide bonds. The third-order valence-corrected chi connectivity index (χ3v) is 5.71. The molecule has 1 aliphatic heterocycles. The van der Waals surface area contributed by atoms with E-state index >= 15 is 0 Å². The lowest BCUT2D eigenvalue weighted by Gasteiger charge is -2.26. The molecule has 0 unspecified atom stereocenters. The number of para-hydroxylation sites is 1. The number of amides is 1. The van der Waals surface area contributed by atoms with Gasteiger partial charge in [0.1, 0.15) is 0 Å². The molecule has 0 spiro atoms. The van der Waals surface area contributed by atoms with Crippen LogP contribution in [0.5, 0.6) is 0 Å². The molecule has 4 rings (SSSR count). The number of rotatable bonds is 7. The van der Waals surface area contributed by atoms with Crippen LogP contribution in [-0.4, -0.2) is 76.3 Å². The summed E-state index contributed by atoms with van der Waals surface area (Å²) < 4.78 is 12.6. The Morgan fingerprint density at radius 2 is 2.11 bits per heavy atom. The standard InChI is InChI=1S/C19H23N5O3S/c1-26-9-8-24-18(15-12-20-16-5-3-2-4-14(15)16)21-22-19(24)28-13-17(25)23-6-10-27-11-7-23/h2-5,12,20H,6-11,13H2,1H3. The predicted molar refractivity (Wildman–Crippen MR) is 107 cm³/mol. The fourth-order valence-corrected chi connectivity index (χ4v) is 4.13. The monoisotopic (exact) mass is 401 g/mol. The molecule has 1 aromatic carbocycles. The maximum absolute atomic E-state index is 12.5. The number of carbonyl (C=O) groups excluding carboxylic acids is 1. The molecule has 148 valence electrons. The van der Waals surface area contributed by atoms with E-state index in [1.54, 1.807) is 7.11 Å². The topological polar surface area (TPSA) is 85.3 Å². The van der Waals surface area contributed by atoms with Crippen molar-refractivity contribution in [3.05, 3.63) is 30.5 Å². The predicted octanol–water partition coefficient (Wildman–Crippen LogP) is 2.02. The summed E-state index contributed by atoms with van der Waals surface area (Å²) in [6, 6.07) is 8.10. The molecule has 9 heteroatoms. The molecule has 1 fully saturated rings. The minimum Gasteiger partial charge on any atom is -0.383 e. The van der Waals surface area contributed by atoms with Gasteiger partial charge in [0.15, 0.2) is 11.0 Å². The van der Waals surface area contributed by atoms with E-state index < -0.39 is 0 Å². The fraction of sp³-hybridized carbons (Fsp3) is 0.421. The van der Waals surface area contributed by atoms with Crippen LogP contribution >= 0.6 is 11.8 Å². The molecule has 1 saturated heterocycles. The zero-order valence-electron chi connectivity index (χ0n) is 15.8. The Bertz CT molecular complexity index is 948. The van der Waals surface area contributed by atoms with Gasteiger partial charge in [0.05, 0.1) is 32.1 Å². The summed E-state index contributed by atoms with van der Waals surface area (Å²) in [7, 11) is 1.67. The number of methoxy groups -OCH3 is 1. The van der Waals surface area contributed by atoms with Crippen molar-refractivity contribution in [2.75, 3.05) is 45.8 Å². The fourth-order valence-electron chi connectivity index (χ4n) is 3.27. The minimum absolute atomic E-state index is 0.100. The number of H-pyrrole nitrogens is 1. The normalized spacial score (nSPS) is 14.7. The molecule has 0 radical (unpaired) electrons. The molecule has 2 aromatic heterocycles. The molecular formula is C19H23N5O3S. The maximum Gasteiger partial charge on any atom is 0.233 e. The third kappa shape index (κ3) is 3.91. The molecule has 0 bridgehead atoms. The van der Waals surface area contributed by atoms with Gasteiger partial charge in [0, 0.05) is 42.9 Å². The number of hydrogen-bond donors (Lipinski definition) is 1. The molecule has 28 heavy (non-hydrogen) atoms. The number of fused-ring (bicyclic) bond motifs is 1. The Morgan fingerprint density at radius 3 is 2.93 bits per heavy atom. The Balaban J connectivity index is 1.57. The zero-order valence-corrected chi connectivity index (χ0v) is 16.6. The van der Waals surface area contributed by atoms with Crippen molar-refractivity contribution >= 4 is 28.6 Å². The largest absolute Gasteiger partial charge is 0.383 e. The van der Waals surface area contributed by atoms with Gasteiger partial charge >= 0.3 is 0 Å². The molecular weight excluding hydrogens is 378 g/mol. The number of aromatic nitrogens is 4. The van der Waals surface area contributed by atoms with Crippen molar-refractivity contribution in [1.29, 1.82) is 0 Å². The number of thioether (sulfide) groups is 1. The highest BCUT2D eigenvalue weighted by molar-refractivity contribution is 7.99. The number of nitrogens with zero attached hydrogens (tertiary/aromatic N) is 4. The van der Waals surface area contributed by atoms with Crippen molar-refractivity contribution in [2.24, 2.45) is 0 Å². The number of nitrogens with one attached hydrogen (secondary N) is 1. The lowest BCUT2D eigenvalue weighted by atomic mass is 10.1. The van der Waals surface area contributed by atoms with E-state index in [0.29, 0.717) is 45.2 Å². The zero-order chi connectivity index (χ0) is 19.3. The molecule has 3 heterocycles. The van der Waals surface area contributed by atoms with Gasteiger partial charge in [-0.25, -0.2) is 0 Å². The molecule has 3 aromatic rings. The second-order valence-electron chi connectivity index (χ2n) is 6.48. The van der Waals surface area contributed by atoms with Gasteiger partial charge in [-0.3, -0.25) is 9.36 Å². The van der Waals surface area contributed by atoms with Gasteiger partial charge in [-0.15, -0.1) is 10.2 Å². The Labute approximate surface area is 167 Å². The molecule has 0 saturated carbocycles. The van der Waals surface area contributed by atoms with Crippen LogP contribution in [0.3, 0.4) is 0 Å². The molecule has 1 N–H and O–H groups in total. The molecule has 0 aliphatic carbocycles. The Morgan fingerprint density at radius 1 is 1.29 bits per heavy atom. The number of hydrogen-bond acceptors (Lipinski definition) is 6. The second-order valence-corrected chi connectivity index (χ2v) is 7.42. The van der Waals surface area contributed by atoms with E-state index in [4.69, 9.17) is 9.47 Å². The van der Waals surface area contributed by atoms with E-state index in [0.717, 1.165) is 27.4 Å². The van der Waals surface area contributed by atoms with Crippen molar-refractivity contribution < 1.29 is 14.3 Å². The smallest absolute Gasteiger partial charge is 0.233 e. The number of carbonyl (C=O) groups is 1. The van der Waals surface area contributed by atoms with Crippen LogP contribution in [0.15, 0.2) is 35.6 Å². The highest BCUT2D eigenvalue weighted by Crippen LogP contribution is 2.30. The summed E-state index contributed by atoms with van der Waals surface area (Å²) >= 11 is 1.41. The molecule has 1 aliphatic rings. The number of ether oxygens (including phenoxy) is 2. The lowest BCUT2D eigenvalue weighted by molar-refractivity contribution is -0.132. The summed E-state index contributed by atoms with van der Waals surface area (Å²) in [6.07, 6.45) is 1.95. The first kappa shape index (κ1) is 19.0. The average Bonchev–Trinajstić information content (AvgIpc) is 3.34. The van der Waals surface area contributed by atoms with E-state index in [9.17, 15) is 4.79 Å². The van der Waals surface area contributed by atoms with Crippen LogP contribution in [0.4, 0.5) is 0 Å². The second kappa shape index (κ2) is 8.76. The van der Waals surface area contributed by atoms with Gasteiger partial charge in [-0.1, -0.05) is 30.0 Å². The van der Waals surface area contributed by atoms with Crippen LogP contribution in [0, 0.1) is 0 Å². The van der Waals surface area contributed by atoms with Gasteiger partial charge in [-0.05, 0) is 6.07 Å². The van der Waals surface area contributed by atoms with Crippen LogP contribution in [-0.2, 0) is 20.8 Å². The van der Waals surface area contributed by atoms with Gasteiger partial charge in [0.25, 0.3) is 0 Å². The number of morpholine rings is 1. The minimum atomic E-state index is 0.100. The van der Waals surface area contributed by atoms with Crippen LogP contribution < -0.4 is 0 Å².